The van der Waals surface area contributed by atoms with Gasteiger partial charge in [-0.25, -0.2) is 0 Å². The van der Waals surface area contributed by atoms with E-state index in [0.717, 1.165) is 16.9 Å². The Hall–Kier alpha value is -3.15. The smallest absolute Gasteiger partial charge is 0.257 e. The summed E-state index contributed by atoms with van der Waals surface area (Å²) < 4.78 is 10.8. The van der Waals surface area contributed by atoms with Crippen LogP contribution in [0.2, 0.25) is 0 Å². The Morgan fingerprint density at radius 3 is 2.67 bits per heavy atom. The Labute approximate surface area is 157 Å². The third-order valence-corrected chi connectivity index (χ3v) is 4.65. The van der Waals surface area contributed by atoms with E-state index in [1.165, 1.54) is 0 Å². The van der Waals surface area contributed by atoms with E-state index in [2.05, 4.69) is 10.1 Å². The topological polar surface area (TPSA) is 68.5 Å². The first-order valence-electron chi connectivity index (χ1n) is 9.11. The molecule has 6 nitrogen and oxygen atoms in total. The predicted octanol–water partition coefficient (Wildman–Crippen LogP) is 3.65. The van der Waals surface area contributed by atoms with Gasteiger partial charge in [-0.05, 0) is 36.8 Å². The second-order valence-corrected chi connectivity index (χ2v) is 6.58. The number of likely N-dealkylation sites (tertiary alicyclic amines) is 1. The van der Waals surface area contributed by atoms with E-state index in [1.807, 2.05) is 66.4 Å². The molecule has 0 spiro atoms. The van der Waals surface area contributed by atoms with E-state index >= 15 is 0 Å². The number of amides is 1. The Kier molecular flexibility index (Phi) is 4.87. The van der Waals surface area contributed by atoms with E-state index in [0.29, 0.717) is 37.8 Å². The monoisotopic (exact) mass is 363 g/mol. The van der Waals surface area contributed by atoms with Crippen LogP contribution in [-0.2, 0) is 11.3 Å². The molecule has 0 aliphatic carbocycles. The molecule has 0 N–H and O–H groups in total. The van der Waals surface area contributed by atoms with Crippen molar-refractivity contribution in [2.45, 2.75) is 25.8 Å². The highest BCUT2D eigenvalue weighted by Gasteiger charge is 2.33. The fourth-order valence-corrected chi connectivity index (χ4v) is 3.27. The second kappa shape index (κ2) is 7.61. The molecule has 1 aromatic heterocycles. The van der Waals surface area contributed by atoms with E-state index in [-0.39, 0.29) is 11.8 Å². The summed E-state index contributed by atoms with van der Waals surface area (Å²) in [6.45, 7) is 3.77. The molecule has 1 aliphatic heterocycles. The van der Waals surface area contributed by atoms with Gasteiger partial charge in [-0.1, -0.05) is 35.5 Å². The van der Waals surface area contributed by atoms with Crippen molar-refractivity contribution in [3.63, 3.8) is 0 Å². The molecule has 4 rings (SSSR count). The molecule has 27 heavy (non-hydrogen) atoms. The highest BCUT2D eigenvalue weighted by molar-refractivity contribution is 5.79. The third kappa shape index (κ3) is 3.84. The van der Waals surface area contributed by atoms with Gasteiger partial charge >= 0.3 is 0 Å². The molecule has 3 aromatic rings. The molecule has 0 saturated carbocycles. The van der Waals surface area contributed by atoms with Crippen LogP contribution in [-0.4, -0.2) is 34.1 Å². The van der Waals surface area contributed by atoms with Gasteiger partial charge in [-0.2, -0.15) is 4.98 Å². The zero-order valence-corrected chi connectivity index (χ0v) is 15.2. The SMILES string of the molecule is CCOc1ccc(CN2CC(c3noc(-c4ccccc4)n3)CC2=O)cc1. The summed E-state index contributed by atoms with van der Waals surface area (Å²) >= 11 is 0. The van der Waals surface area contributed by atoms with Gasteiger partial charge in [0.1, 0.15) is 5.75 Å². The van der Waals surface area contributed by atoms with Crippen LogP contribution in [0.1, 0.15) is 30.7 Å². The fourth-order valence-electron chi connectivity index (χ4n) is 3.27. The maximum absolute atomic E-state index is 12.4. The molecule has 1 saturated heterocycles. The molecular formula is C21H21N3O3. The van der Waals surface area contributed by atoms with Crippen molar-refractivity contribution < 1.29 is 14.1 Å². The molecular weight excluding hydrogens is 342 g/mol. The zero-order valence-electron chi connectivity index (χ0n) is 15.2. The van der Waals surface area contributed by atoms with Crippen molar-refractivity contribution in [1.29, 1.82) is 0 Å². The van der Waals surface area contributed by atoms with Gasteiger partial charge in [0, 0.05) is 31.0 Å². The van der Waals surface area contributed by atoms with E-state index in [9.17, 15) is 4.79 Å². The van der Waals surface area contributed by atoms with E-state index in [1.54, 1.807) is 0 Å². The van der Waals surface area contributed by atoms with E-state index in [4.69, 9.17) is 9.26 Å². The van der Waals surface area contributed by atoms with Crippen LogP contribution in [0.15, 0.2) is 59.1 Å². The fraction of sp³-hybridized carbons (Fsp3) is 0.286. The van der Waals surface area contributed by atoms with Crippen LogP contribution < -0.4 is 4.74 Å². The number of aromatic nitrogens is 2. The first-order chi connectivity index (χ1) is 13.2. The summed E-state index contributed by atoms with van der Waals surface area (Å²) in [7, 11) is 0. The standard InChI is InChI=1S/C21H21N3O3/c1-2-26-18-10-8-15(9-11-18)13-24-14-17(12-19(24)25)20-22-21(27-23-20)16-6-4-3-5-7-16/h3-11,17H,2,12-14H2,1H3. The number of carbonyl (C=O) groups is 1. The molecule has 0 radical (unpaired) electrons. The molecule has 6 heteroatoms. The average molecular weight is 363 g/mol. The minimum Gasteiger partial charge on any atom is -0.494 e. The van der Waals surface area contributed by atoms with Gasteiger partial charge < -0.3 is 14.2 Å². The van der Waals surface area contributed by atoms with Crippen LogP contribution in [0.5, 0.6) is 5.75 Å². The van der Waals surface area contributed by atoms with Crippen molar-refractivity contribution in [2.24, 2.45) is 0 Å². The van der Waals surface area contributed by atoms with Crippen LogP contribution in [0.25, 0.3) is 11.5 Å². The Bertz CT molecular complexity index is 906. The van der Waals surface area contributed by atoms with Gasteiger partial charge in [0.05, 0.1) is 6.61 Å². The van der Waals surface area contributed by atoms with Gasteiger partial charge in [-0.15, -0.1) is 0 Å². The number of ether oxygens (including phenoxy) is 1. The minimum atomic E-state index is -0.0404. The summed E-state index contributed by atoms with van der Waals surface area (Å²) in [5.41, 5.74) is 1.96. The number of carbonyl (C=O) groups excluding carboxylic acids is 1. The number of nitrogens with zero attached hydrogens (tertiary/aromatic N) is 3. The van der Waals surface area contributed by atoms with Gasteiger partial charge in [0.15, 0.2) is 5.82 Å². The third-order valence-electron chi connectivity index (χ3n) is 4.65. The molecule has 1 atom stereocenters. The number of hydrogen-bond donors (Lipinski definition) is 0. The summed E-state index contributed by atoms with van der Waals surface area (Å²) in [6, 6.07) is 17.5. The lowest BCUT2D eigenvalue weighted by molar-refractivity contribution is -0.128. The highest BCUT2D eigenvalue weighted by Crippen LogP contribution is 2.29. The largest absolute Gasteiger partial charge is 0.494 e. The lowest BCUT2D eigenvalue weighted by Gasteiger charge is -2.16. The quantitative estimate of drug-likeness (QED) is 0.669. The van der Waals surface area contributed by atoms with Crippen molar-refractivity contribution in [3.05, 3.63) is 66.0 Å². The Morgan fingerprint density at radius 2 is 1.93 bits per heavy atom. The first kappa shape index (κ1) is 17.3. The normalized spacial score (nSPS) is 16.7. The van der Waals surface area contributed by atoms with Gasteiger partial charge in [0.25, 0.3) is 5.89 Å². The summed E-state index contributed by atoms with van der Waals surface area (Å²) in [5.74, 6) is 1.99. The molecule has 1 amide bonds. The van der Waals surface area contributed by atoms with Gasteiger partial charge in [0.2, 0.25) is 5.91 Å². The lowest BCUT2D eigenvalue weighted by atomic mass is 10.1. The average Bonchev–Trinajstić information content (AvgIpc) is 3.32. The summed E-state index contributed by atoms with van der Waals surface area (Å²) in [5, 5.41) is 4.10. The summed E-state index contributed by atoms with van der Waals surface area (Å²) in [6.07, 6.45) is 0.408. The van der Waals surface area contributed by atoms with Crippen molar-refractivity contribution >= 4 is 5.91 Å². The van der Waals surface area contributed by atoms with Crippen LogP contribution in [0.3, 0.4) is 0 Å². The zero-order chi connectivity index (χ0) is 18.6. The molecule has 2 heterocycles. The van der Waals surface area contributed by atoms with Crippen LogP contribution in [0, 0.1) is 0 Å². The molecule has 0 bridgehead atoms. The maximum atomic E-state index is 12.4. The Balaban J connectivity index is 1.42. The molecule has 1 unspecified atom stereocenters. The van der Waals surface area contributed by atoms with Crippen molar-refractivity contribution in [1.82, 2.24) is 15.0 Å². The Morgan fingerprint density at radius 1 is 1.15 bits per heavy atom. The first-order valence-corrected chi connectivity index (χ1v) is 9.11. The van der Waals surface area contributed by atoms with Crippen molar-refractivity contribution in [3.8, 4) is 17.2 Å². The number of hydrogen-bond acceptors (Lipinski definition) is 5. The molecule has 1 fully saturated rings. The highest BCUT2D eigenvalue weighted by atomic mass is 16.5. The van der Waals surface area contributed by atoms with Crippen molar-refractivity contribution in [2.75, 3.05) is 13.2 Å². The second-order valence-electron chi connectivity index (χ2n) is 6.58. The van der Waals surface area contributed by atoms with Crippen LogP contribution in [0.4, 0.5) is 0 Å². The molecule has 138 valence electrons. The minimum absolute atomic E-state index is 0.0404. The van der Waals surface area contributed by atoms with E-state index < -0.39 is 0 Å². The predicted molar refractivity (Wildman–Crippen MR) is 100 cm³/mol. The number of benzene rings is 2. The maximum Gasteiger partial charge on any atom is 0.257 e. The lowest BCUT2D eigenvalue weighted by Crippen LogP contribution is -2.24. The number of rotatable bonds is 6. The van der Waals surface area contributed by atoms with Gasteiger partial charge in [-0.3, -0.25) is 4.79 Å². The summed E-state index contributed by atoms with van der Waals surface area (Å²) in [4.78, 5) is 18.8. The molecule has 2 aromatic carbocycles. The van der Waals surface area contributed by atoms with Crippen LogP contribution >= 0.6 is 0 Å². The molecule has 1 aliphatic rings.